The molecular weight excluding hydrogens is 364 g/mol. The Bertz CT molecular complexity index is 928. The Morgan fingerprint density at radius 1 is 1.19 bits per heavy atom. The minimum absolute atomic E-state index is 0.00541. The third-order valence-electron chi connectivity index (χ3n) is 3.51. The first kappa shape index (κ1) is 19.5. The van der Waals surface area contributed by atoms with E-state index in [-0.39, 0.29) is 28.3 Å². The maximum Gasteiger partial charge on any atom is 0.338 e. The number of hydroxylamine groups is 1. The maximum absolute atomic E-state index is 12.2. The van der Waals surface area contributed by atoms with Gasteiger partial charge in [-0.15, -0.1) is 0 Å². The zero-order valence-corrected chi connectivity index (χ0v) is 14.8. The maximum atomic E-state index is 12.2. The lowest BCUT2D eigenvalue weighted by atomic mass is 10.2. The summed E-state index contributed by atoms with van der Waals surface area (Å²) in [4.78, 5) is 27.1. The van der Waals surface area contributed by atoms with Crippen molar-refractivity contribution in [3.05, 3.63) is 69.8 Å². The Morgan fingerprint density at radius 3 is 2.54 bits per heavy atom. The number of carbonyl (C=O) groups is 1. The van der Waals surface area contributed by atoms with Crippen molar-refractivity contribution in [2.24, 2.45) is 0 Å². The van der Waals surface area contributed by atoms with Gasteiger partial charge in [0.1, 0.15) is 6.61 Å². The molecule has 0 amide bonds. The molecule has 0 aromatic heterocycles. The fraction of sp³-hybridized carbons (Fsp3) is 0.188. The normalized spacial score (nSPS) is 11.3. The van der Waals surface area contributed by atoms with Gasteiger partial charge in [0.05, 0.1) is 28.1 Å². The first-order valence-corrected chi connectivity index (χ1v) is 8.74. The van der Waals surface area contributed by atoms with E-state index in [2.05, 4.69) is 4.84 Å². The molecule has 10 heteroatoms. The first-order chi connectivity index (χ1) is 12.3. The van der Waals surface area contributed by atoms with E-state index in [4.69, 9.17) is 4.74 Å². The Hall–Kier alpha value is -2.82. The zero-order valence-electron chi connectivity index (χ0n) is 14.0. The van der Waals surface area contributed by atoms with Crippen molar-refractivity contribution in [2.45, 2.75) is 11.5 Å². The number of rotatable bonds is 7. The number of hydrogen-bond donors (Lipinski definition) is 0. The Labute approximate surface area is 149 Å². The van der Waals surface area contributed by atoms with Crippen LogP contribution >= 0.6 is 0 Å². The summed E-state index contributed by atoms with van der Waals surface area (Å²) in [5.74, 6) is -0.805. The number of ether oxygens (including phenoxy) is 1. The highest BCUT2D eigenvalue weighted by atomic mass is 32.2. The lowest BCUT2D eigenvalue weighted by Crippen LogP contribution is -2.25. The van der Waals surface area contributed by atoms with Crippen LogP contribution in [-0.4, -0.2) is 37.9 Å². The van der Waals surface area contributed by atoms with Gasteiger partial charge >= 0.3 is 5.97 Å². The molecule has 0 saturated heterocycles. The highest BCUT2D eigenvalue weighted by Crippen LogP contribution is 2.20. The van der Waals surface area contributed by atoms with Gasteiger partial charge < -0.3 is 4.74 Å². The summed E-state index contributed by atoms with van der Waals surface area (Å²) in [7, 11) is -1.50. The molecule has 0 N–H and O–H groups in total. The molecular formula is C16H16N2O7S. The fourth-order valence-electron chi connectivity index (χ4n) is 2.07. The van der Waals surface area contributed by atoms with Gasteiger partial charge in [-0.2, -0.15) is 0 Å². The minimum Gasteiger partial charge on any atom is -0.457 e. The summed E-state index contributed by atoms with van der Waals surface area (Å²) in [6, 6.07) is 11.1. The molecule has 0 radical (unpaired) electrons. The van der Waals surface area contributed by atoms with E-state index >= 15 is 0 Å². The number of esters is 1. The number of carbonyl (C=O) groups excluding carboxylic acids is 1. The average molecular weight is 380 g/mol. The van der Waals surface area contributed by atoms with Crippen molar-refractivity contribution in [3.8, 4) is 0 Å². The molecule has 0 atom stereocenters. The summed E-state index contributed by atoms with van der Waals surface area (Å²) in [6.45, 7) is -0.315. The van der Waals surface area contributed by atoms with E-state index in [1.165, 1.54) is 50.6 Å². The second-order valence-corrected chi connectivity index (χ2v) is 7.02. The van der Waals surface area contributed by atoms with Crippen molar-refractivity contribution in [1.29, 1.82) is 0 Å². The molecule has 2 rings (SSSR count). The number of nitrogens with zero attached hydrogens (tertiary/aromatic N) is 2. The molecule has 0 aliphatic carbocycles. The largest absolute Gasteiger partial charge is 0.457 e. The molecule has 0 saturated carbocycles. The van der Waals surface area contributed by atoms with Crippen molar-refractivity contribution in [2.75, 3.05) is 14.2 Å². The highest BCUT2D eigenvalue weighted by molar-refractivity contribution is 7.89. The molecule has 0 spiro atoms. The molecule has 138 valence electrons. The van der Waals surface area contributed by atoms with Crippen LogP contribution in [0.5, 0.6) is 0 Å². The van der Waals surface area contributed by atoms with E-state index in [0.29, 0.717) is 4.47 Å². The van der Waals surface area contributed by atoms with Gasteiger partial charge in [-0.1, -0.05) is 22.7 Å². The number of sulfonamides is 1. The Kier molecular flexibility index (Phi) is 6.03. The molecule has 2 aromatic carbocycles. The summed E-state index contributed by atoms with van der Waals surface area (Å²) < 4.78 is 30.2. The number of benzene rings is 2. The first-order valence-electron chi connectivity index (χ1n) is 7.30. The SMILES string of the molecule is CON(C)S(=O)(=O)c1cccc(C(=O)OCc2ccccc2[N+](=O)[O-])c1. The number of nitro groups is 1. The van der Waals surface area contributed by atoms with E-state index in [1.54, 1.807) is 6.07 Å². The molecule has 9 nitrogen and oxygen atoms in total. The molecule has 0 aliphatic heterocycles. The lowest BCUT2D eigenvalue weighted by molar-refractivity contribution is -0.385. The van der Waals surface area contributed by atoms with Crippen LogP contribution in [0, 0.1) is 10.1 Å². The second kappa shape index (κ2) is 8.04. The molecule has 0 aliphatic rings. The molecule has 0 unspecified atom stereocenters. The monoisotopic (exact) mass is 380 g/mol. The topological polar surface area (TPSA) is 116 Å². The molecule has 0 fully saturated rings. The third-order valence-corrected chi connectivity index (χ3v) is 5.19. The van der Waals surface area contributed by atoms with Crippen LogP contribution in [0.2, 0.25) is 0 Å². The van der Waals surface area contributed by atoms with E-state index in [1.807, 2.05) is 0 Å². The van der Waals surface area contributed by atoms with Gasteiger partial charge in [0.15, 0.2) is 0 Å². The molecule has 2 aromatic rings. The summed E-state index contributed by atoms with van der Waals surface area (Å²) in [6.07, 6.45) is 0. The van der Waals surface area contributed by atoms with E-state index in [0.717, 1.165) is 6.07 Å². The van der Waals surface area contributed by atoms with Crippen LogP contribution < -0.4 is 0 Å². The molecule has 26 heavy (non-hydrogen) atoms. The quantitative estimate of drug-likeness (QED) is 0.410. The average Bonchev–Trinajstić information content (AvgIpc) is 2.65. The standard InChI is InChI=1S/C16H16N2O7S/c1-17(24-2)26(22,23)14-8-5-7-12(10-14)16(19)25-11-13-6-3-4-9-15(13)18(20)21/h3-10H,11H2,1-2H3. The minimum atomic E-state index is -3.92. The predicted molar refractivity (Wildman–Crippen MR) is 90.6 cm³/mol. The summed E-state index contributed by atoms with van der Waals surface area (Å²) in [5.41, 5.74) is 0.0567. The van der Waals surface area contributed by atoms with Crippen molar-refractivity contribution in [1.82, 2.24) is 4.47 Å². The lowest BCUT2D eigenvalue weighted by Gasteiger charge is -2.14. The number of hydrogen-bond acceptors (Lipinski definition) is 7. The fourth-order valence-corrected chi connectivity index (χ4v) is 3.09. The van der Waals surface area contributed by atoms with E-state index < -0.39 is 20.9 Å². The van der Waals surface area contributed by atoms with E-state index in [9.17, 15) is 23.3 Å². The predicted octanol–water partition coefficient (Wildman–Crippen LogP) is 2.13. The number of nitro benzene ring substituents is 1. The Morgan fingerprint density at radius 2 is 1.88 bits per heavy atom. The van der Waals surface area contributed by atoms with Crippen LogP contribution in [0.3, 0.4) is 0 Å². The van der Waals surface area contributed by atoms with Gasteiger partial charge in [0.25, 0.3) is 15.7 Å². The smallest absolute Gasteiger partial charge is 0.338 e. The van der Waals surface area contributed by atoms with Crippen LogP contribution in [-0.2, 0) is 26.2 Å². The third kappa shape index (κ3) is 4.23. The molecule has 0 bridgehead atoms. The van der Waals surface area contributed by atoms with Crippen LogP contribution in [0.1, 0.15) is 15.9 Å². The van der Waals surface area contributed by atoms with Crippen molar-refractivity contribution >= 4 is 21.7 Å². The van der Waals surface area contributed by atoms with Crippen LogP contribution in [0.15, 0.2) is 53.4 Å². The van der Waals surface area contributed by atoms with Crippen molar-refractivity contribution in [3.63, 3.8) is 0 Å². The highest BCUT2D eigenvalue weighted by Gasteiger charge is 2.22. The van der Waals surface area contributed by atoms with Gasteiger partial charge in [0.2, 0.25) is 0 Å². The van der Waals surface area contributed by atoms with Gasteiger partial charge in [0, 0.05) is 13.1 Å². The second-order valence-electron chi connectivity index (χ2n) is 5.09. The zero-order chi connectivity index (χ0) is 19.3. The van der Waals surface area contributed by atoms with Crippen LogP contribution in [0.25, 0.3) is 0 Å². The van der Waals surface area contributed by atoms with Crippen LogP contribution in [0.4, 0.5) is 5.69 Å². The van der Waals surface area contributed by atoms with Gasteiger partial charge in [-0.3, -0.25) is 15.0 Å². The molecule has 0 heterocycles. The summed E-state index contributed by atoms with van der Waals surface area (Å²) >= 11 is 0. The van der Waals surface area contributed by atoms with Gasteiger partial charge in [-0.25, -0.2) is 13.2 Å². The Balaban J connectivity index is 2.19. The van der Waals surface area contributed by atoms with Gasteiger partial charge in [-0.05, 0) is 24.3 Å². The number of para-hydroxylation sites is 1. The summed E-state index contributed by atoms with van der Waals surface area (Å²) in [5, 5.41) is 11.0. The van der Waals surface area contributed by atoms with Crippen molar-refractivity contribution < 1.29 is 27.7 Å².